The number of aromatic nitrogens is 1. The van der Waals surface area contributed by atoms with Crippen LogP contribution in [0.15, 0.2) is 162 Å². The molecule has 9 aromatic rings. The highest BCUT2D eigenvalue weighted by atomic mass is 16.5. The fourth-order valence-corrected chi connectivity index (χ4v) is 6.83. The average Bonchev–Trinajstić information content (AvgIpc) is 3.68. The highest BCUT2D eigenvalue weighted by Gasteiger charge is 2.18. The molecule has 0 aliphatic carbocycles. The Hall–Kier alpha value is -6.26. The fraction of sp³-hybridized carbons (Fsp3) is 0.0233. The molecular weight excluding hydrogens is 576 g/mol. The minimum Gasteiger partial charge on any atom is -0.486 e. The molecule has 0 radical (unpaired) electrons. The molecule has 2 N–H and O–H groups in total. The molecule has 0 unspecified atom stereocenters. The number of nitrogen functional groups attached to an aromatic ring is 1. The average molecular weight is 607 g/mol. The molecule has 2 aromatic heterocycles. The molecule has 0 spiro atoms. The lowest BCUT2D eigenvalue weighted by Gasteiger charge is -2.12. The van der Waals surface area contributed by atoms with Gasteiger partial charge in [-0.15, -0.1) is 0 Å². The Morgan fingerprint density at radius 3 is 2.06 bits per heavy atom. The zero-order valence-electron chi connectivity index (χ0n) is 25.6. The number of benzene rings is 7. The van der Waals surface area contributed by atoms with E-state index in [1.54, 1.807) is 0 Å². The second-order valence-corrected chi connectivity index (χ2v) is 11.9. The van der Waals surface area contributed by atoms with Gasteiger partial charge < -0.3 is 19.5 Å². The molecule has 224 valence electrons. The Kier molecular flexibility index (Phi) is 6.32. The molecule has 0 amide bonds. The maximum atomic E-state index is 6.52. The summed E-state index contributed by atoms with van der Waals surface area (Å²) >= 11 is 0. The smallest absolute Gasteiger partial charge is 0.154 e. The molecule has 7 aromatic carbocycles. The van der Waals surface area contributed by atoms with Crippen molar-refractivity contribution in [2.45, 2.75) is 6.61 Å². The summed E-state index contributed by atoms with van der Waals surface area (Å²) in [5, 5.41) is 4.36. The lowest BCUT2D eigenvalue weighted by molar-refractivity contribution is 0.312. The molecule has 4 heteroatoms. The van der Waals surface area contributed by atoms with Crippen molar-refractivity contribution < 1.29 is 9.15 Å². The standard InChI is InChI=1S/C43H30N2O2/c44-37-23-25-40-41(35-16-9-15-33(42(35)47-40)30-12-5-2-6-13-30)43(37)46-27-28-18-21-32(22-19-28)45-38-17-8-7-14-34(38)36-26-31(20-24-39(36)45)29-10-3-1-4-11-29/h1-26H,27,44H2. The number of nitrogens with two attached hydrogens (primary N) is 1. The summed E-state index contributed by atoms with van der Waals surface area (Å²) in [6.07, 6.45) is 0. The first-order valence-corrected chi connectivity index (χ1v) is 15.8. The van der Waals surface area contributed by atoms with Crippen LogP contribution >= 0.6 is 0 Å². The number of fused-ring (bicyclic) bond motifs is 6. The monoisotopic (exact) mass is 606 g/mol. The molecule has 2 heterocycles. The van der Waals surface area contributed by atoms with Gasteiger partial charge in [0.05, 0.1) is 22.1 Å². The number of rotatable bonds is 6. The van der Waals surface area contributed by atoms with Gasteiger partial charge in [0.25, 0.3) is 0 Å². The lowest BCUT2D eigenvalue weighted by atomic mass is 10.0. The van der Waals surface area contributed by atoms with Gasteiger partial charge in [-0.25, -0.2) is 0 Å². The number of ether oxygens (including phenoxy) is 1. The lowest BCUT2D eigenvalue weighted by Crippen LogP contribution is -2.00. The topological polar surface area (TPSA) is 53.3 Å². The number of para-hydroxylation sites is 2. The molecular formula is C43H30N2O2. The quantitative estimate of drug-likeness (QED) is 0.192. The molecule has 9 rings (SSSR count). The van der Waals surface area contributed by atoms with Gasteiger partial charge in [0.15, 0.2) is 5.75 Å². The van der Waals surface area contributed by atoms with Crippen molar-refractivity contribution in [2.24, 2.45) is 0 Å². The molecule has 0 fully saturated rings. The van der Waals surface area contributed by atoms with Crippen molar-refractivity contribution in [2.75, 3.05) is 5.73 Å². The molecule has 0 aliphatic rings. The van der Waals surface area contributed by atoms with E-state index >= 15 is 0 Å². The zero-order valence-corrected chi connectivity index (χ0v) is 25.6. The van der Waals surface area contributed by atoms with E-state index in [2.05, 4.69) is 132 Å². The van der Waals surface area contributed by atoms with Gasteiger partial charge in [0.2, 0.25) is 0 Å². The number of furan rings is 1. The summed E-state index contributed by atoms with van der Waals surface area (Å²) in [4.78, 5) is 0. The van der Waals surface area contributed by atoms with Gasteiger partial charge >= 0.3 is 0 Å². The molecule has 4 nitrogen and oxygen atoms in total. The largest absolute Gasteiger partial charge is 0.486 e. The van der Waals surface area contributed by atoms with Gasteiger partial charge in [-0.2, -0.15) is 0 Å². The predicted octanol–water partition coefficient (Wildman–Crippen LogP) is 11.2. The maximum Gasteiger partial charge on any atom is 0.154 e. The number of hydrogen-bond donors (Lipinski definition) is 1. The maximum absolute atomic E-state index is 6.52. The first kappa shape index (κ1) is 27.1. The Morgan fingerprint density at radius 1 is 0.553 bits per heavy atom. The summed E-state index contributed by atoms with van der Waals surface area (Å²) in [7, 11) is 0. The van der Waals surface area contributed by atoms with Crippen molar-refractivity contribution in [3.05, 3.63) is 163 Å². The van der Waals surface area contributed by atoms with Crippen molar-refractivity contribution in [3.63, 3.8) is 0 Å². The van der Waals surface area contributed by atoms with E-state index in [4.69, 9.17) is 14.9 Å². The van der Waals surface area contributed by atoms with Crippen molar-refractivity contribution >= 4 is 49.4 Å². The minimum absolute atomic E-state index is 0.377. The van der Waals surface area contributed by atoms with E-state index in [0.717, 1.165) is 44.3 Å². The molecule has 0 saturated carbocycles. The Labute approximate surface area is 271 Å². The van der Waals surface area contributed by atoms with Gasteiger partial charge in [-0.05, 0) is 64.7 Å². The molecule has 0 bridgehead atoms. The first-order chi connectivity index (χ1) is 23.2. The van der Waals surface area contributed by atoms with Crippen LogP contribution in [-0.2, 0) is 6.61 Å². The first-order valence-electron chi connectivity index (χ1n) is 15.8. The van der Waals surface area contributed by atoms with Crippen LogP contribution in [0.25, 0.3) is 71.7 Å². The van der Waals surface area contributed by atoms with Crippen LogP contribution in [-0.4, -0.2) is 4.57 Å². The second-order valence-electron chi connectivity index (χ2n) is 11.9. The summed E-state index contributed by atoms with van der Waals surface area (Å²) in [6, 6.07) is 54.8. The van der Waals surface area contributed by atoms with Crippen LogP contribution in [0.2, 0.25) is 0 Å². The van der Waals surface area contributed by atoms with Crippen molar-refractivity contribution in [1.29, 1.82) is 0 Å². The summed E-state index contributed by atoms with van der Waals surface area (Å²) in [6.45, 7) is 0.377. The van der Waals surface area contributed by atoms with E-state index in [1.807, 2.05) is 30.3 Å². The molecule has 0 aliphatic heterocycles. The van der Waals surface area contributed by atoms with E-state index in [-0.39, 0.29) is 0 Å². The third kappa shape index (κ3) is 4.53. The van der Waals surface area contributed by atoms with Crippen LogP contribution in [0.5, 0.6) is 5.75 Å². The fourth-order valence-electron chi connectivity index (χ4n) is 6.83. The van der Waals surface area contributed by atoms with Crippen LogP contribution < -0.4 is 10.5 Å². The highest BCUT2D eigenvalue weighted by Crippen LogP contribution is 2.43. The van der Waals surface area contributed by atoms with Gasteiger partial charge in [-0.1, -0.05) is 115 Å². The Bertz CT molecular complexity index is 2560. The van der Waals surface area contributed by atoms with E-state index in [1.165, 1.54) is 32.9 Å². The van der Waals surface area contributed by atoms with E-state index < -0.39 is 0 Å². The Balaban J connectivity index is 1.06. The van der Waals surface area contributed by atoms with Gasteiger partial charge in [0.1, 0.15) is 17.8 Å². The van der Waals surface area contributed by atoms with Gasteiger partial charge in [-0.3, -0.25) is 0 Å². The van der Waals surface area contributed by atoms with Crippen molar-refractivity contribution in [3.8, 4) is 33.7 Å². The normalized spacial score (nSPS) is 11.6. The van der Waals surface area contributed by atoms with E-state index in [9.17, 15) is 0 Å². The molecule has 0 atom stereocenters. The van der Waals surface area contributed by atoms with Gasteiger partial charge in [0, 0.05) is 27.4 Å². The number of nitrogens with zero attached hydrogens (tertiary/aromatic N) is 1. The third-order valence-corrected chi connectivity index (χ3v) is 9.09. The van der Waals surface area contributed by atoms with Crippen LogP contribution in [0.4, 0.5) is 5.69 Å². The highest BCUT2D eigenvalue weighted by molar-refractivity contribution is 6.14. The van der Waals surface area contributed by atoms with Crippen LogP contribution in [0.3, 0.4) is 0 Å². The third-order valence-electron chi connectivity index (χ3n) is 9.09. The Morgan fingerprint density at radius 2 is 1.26 bits per heavy atom. The second kappa shape index (κ2) is 11.0. The summed E-state index contributed by atoms with van der Waals surface area (Å²) in [5.74, 6) is 0.646. The van der Waals surface area contributed by atoms with Crippen molar-refractivity contribution in [1.82, 2.24) is 4.57 Å². The number of anilines is 1. The van der Waals surface area contributed by atoms with E-state index in [0.29, 0.717) is 18.0 Å². The molecule has 47 heavy (non-hydrogen) atoms. The van der Waals surface area contributed by atoms with Crippen LogP contribution in [0.1, 0.15) is 5.56 Å². The minimum atomic E-state index is 0.377. The zero-order chi connectivity index (χ0) is 31.3. The predicted molar refractivity (Wildman–Crippen MR) is 194 cm³/mol. The molecule has 0 saturated heterocycles. The summed E-state index contributed by atoms with van der Waals surface area (Å²) in [5.41, 5.74) is 17.8. The van der Waals surface area contributed by atoms with Crippen LogP contribution in [0, 0.1) is 0 Å². The number of hydrogen-bond acceptors (Lipinski definition) is 3. The summed E-state index contributed by atoms with van der Waals surface area (Å²) < 4.78 is 15.2. The SMILES string of the molecule is Nc1ccc2oc3c(-c4ccccc4)cccc3c2c1OCc1ccc(-n2c3ccccc3c3cc(-c4ccccc4)ccc32)cc1.